The number of quaternary nitrogens is 1. The van der Waals surface area contributed by atoms with E-state index in [9.17, 15) is 13.2 Å². The summed E-state index contributed by atoms with van der Waals surface area (Å²) < 4.78 is 36.8. The first-order valence-corrected chi connectivity index (χ1v) is 13.4. The highest BCUT2D eigenvalue weighted by Gasteiger charge is 2.45. The van der Waals surface area contributed by atoms with Crippen molar-refractivity contribution < 1.29 is 22.4 Å². The Hall–Kier alpha value is -1.64. The Labute approximate surface area is 194 Å². The molecule has 1 unspecified atom stereocenters. The van der Waals surface area contributed by atoms with E-state index in [0.717, 1.165) is 25.8 Å². The highest BCUT2D eigenvalue weighted by Crippen LogP contribution is 2.29. The van der Waals surface area contributed by atoms with Gasteiger partial charge in [0.2, 0.25) is 0 Å². The van der Waals surface area contributed by atoms with Gasteiger partial charge in [0.1, 0.15) is 0 Å². The summed E-state index contributed by atoms with van der Waals surface area (Å²) in [6.45, 7) is 3.69. The lowest BCUT2D eigenvalue weighted by Gasteiger charge is -2.45. The van der Waals surface area contributed by atoms with Gasteiger partial charge in [0.25, 0.3) is 10.2 Å². The number of likely N-dealkylation sites (tertiary alicyclic amines) is 1. The van der Waals surface area contributed by atoms with Crippen LogP contribution in [0.25, 0.3) is 0 Å². The standard InChI is InChI=1S/C24H42N3O4S/c1-5-6-7-8-9-10-12-21-13-15-22(16-14-21)25-32(29,30)26-24(19-23(28)31-4)17-11-18-27(2,3)20-24/h13-16,25-26H,5-12,17-20H2,1-4H3/q+1. The van der Waals surface area contributed by atoms with Gasteiger partial charge in [0, 0.05) is 5.69 Å². The fourth-order valence-corrected chi connectivity index (χ4v) is 6.06. The van der Waals surface area contributed by atoms with Gasteiger partial charge in [0.05, 0.1) is 46.3 Å². The molecule has 0 spiro atoms. The van der Waals surface area contributed by atoms with Crippen LogP contribution in [-0.4, -0.2) is 58.7 Å². The number of hydrogen-bond donors (Lipinski definition) is 2. The van der Waals surface area contributed by atoms with Gasteiger partial charge in [-0.3, -0.25) is 9.52 Å². The Morgan fingerprint density at radius 3 is 2.38 bits per heavy atom. The van der Waals surface area contributed by atoms with E-state index >= 15 is 0 Å². The molecule has 0 aliphatic carbocycles. The molecule has 1 atom stereocenters. The number of rotatable bonds is 13. The number of ether oxygens (including phenoxy) is 1. The molecule has 1 aliphatic rings. The zero-order chi connectivity index (χ0) is 23.7. The Morgan fingerprint density at radius 1 is 1.09 bits per heavy atom. The minimum Gasteiger partial charge on any atom is -0.469 e. The fraction of sp³-hybridized carbons (Fsp3) is 0.708. The van der Waals surface area contributed by atoms with Crippen molar-refractivity contribution in [3.63, 3.8) is 0 Å². The molecule has 8 heteroatoms. The van der Waals surface area contributed by atoms with Crippen molar-refractivity contribution in [2.75, 3.05) is 39.0 Å². The van der Waals surface area contributed by atoms with Gasteiger partial charge >= 0.3 is 5.97 Å². The number of anilines is 1. The maximum Gasteiger partial charge on any atom is 0.307 e. The van der Waals surface area contributed by atoms with Crippen molar-refractivity contribution in [3.8, 4) is 0 Å². The highest BCUT2D eigenvalue weighted by molar-refractivity contribution is 7.90. The maximum atomic E-state index is 13.0. The average molecular weight is 469 g/mol. The summed E-state index contributed by atoms with van der Waals surface area (Å²) in [6, 6.07) is 7.57. The van der Waals surface area contributed by atoms with Crippen LogP contribution >= 0.6 is 0 Å². The zero-order valence-electron chi connectivity index (χ0n) is 20.3. The molecule has 182 valence electrons. The predicted molar refractivity (Wildman–Crippen MR) is 130 cm³/mol. The van der Waals surface area contributed by atoms with Crippen molar-refractivity contribution >= 4 is 21.9 Å². The molecule has 0 amide bonds. The van der Waals surface area contributed by atoms with E-state index in [2.05, 4.69) is 30.5 Å². The van der Waals surface area contributed by atoms with Gasteiger partial charge in [-0.25, -0.2) is 0 Å². The topological polar surface area (TPSA) is 84.5 Å². The molecule has 1 heterocycles. The molecule has 7 nitrogen and oxygen atoms in total. The summed E-state index contributed by atoms with van der Waals surface area (Å²) in [4.78, 5) is 12.1. The van der Waals surface area contributed by atoms with E-state index in [1.807, 2.05) is 12.1 Å². The third-order valence-corrected chi connectivity index (χ3v) is 7.44. The molecule has 2 rings (SSSR count). The lowest BCUT2D eigenvalue weighted by molar-refractivity contribution is -0.899. The molecule has 0 aromatic heterocycles. The third kappa shape index (κ3) is 9.08. The smallest absolute Gasteiger partial charge is 0.307 e. The quantitative estimate of drug-likeness (QED) is 0.260. The molecule has 1 aromatic rings. The first-order chi connectivity index (χ1) is 15.1. The van der Waals surface area contributed by atoms with E-state index in [-0.39, 0.29) is 6.42 Å². The van der Waals surface area contributed by atoms with Gasteiger partial charge in [-0.2, -0.15) is 13.1 Å². The molecule has 2 N–H and O–H groups in total. The second-order valence-electron chi connectivity index (χ2n) is 9.88. The van der Waals surface area contributed by atoms with Crippen molar-refractivity contribution in [2.24, 2.45) is 0 Å². The molecule has 1 aliphatic heterocycles. The number of methoxy groups -OCH3 is 1. The lowest BCUT2D eigenvalue weighted by Crippen LogP contribution is -2.64. The number of hydrogen-bond acceptors (Lipinski definition) is 4. The zero-order valence-corrected chi connectivity index (χ0v) is 21.1. The monoisotopic (exact) mass is 468 g/mol. The molecule has 1 fully saturated rings. The van der Waals surface area contributed by atoms with Gasteiger partial charge in [-0.15, -0.1) is 0 Å². The molecule has 1 aromatic carbocycles. The number of benzene rings is 1. The molecule has 32 heavy (non-hydrogen) atoms. The molecule has 0 saturated carbocycles. The Kier molecular flexibility index (Phi) is 9.98. The Bertz CT molecular complexity index is 824. The summed E-state index contributed by atoms with van der Waals surface area (Å²) in [5.41, 5.74) is 0.866. The van der Waals surface area contributed by atoms with Crippen LogP contribution in [0.4, 0.5) is 5.69 Å². The normalized spacial score (nSPS) is 20.6. The van der Waals surface area contributed by atoms with Crippen molar-refractivity contribution in [3.05, 3.63) is 29.8 Å². The molecule has 1 saturated heterocycles. The minimum absolute atomic E-state index is 0.0171. The number of piperidine rings is 1. The molecule has 0 radical (unpaired) electrons. The van der Waals surface area contributed by atoms with Gasteiger partial charge in [-0.1, -0.05) is 51.2 Å². The number of aryl methyl sites for hydroxylation is 1. The van der Waals surface area contributed by atoms with E-state index in [1.165, 1.54) is 44.8 Å². The van der Waals surface area contributed by atoms with Crippen molar-refractivity contribution in [2.45, 2.75) is 76.7 Å². The summed E-state index contributed by atoms with van der Waals surface area (Å²) >= 11 is 0. The third-order valence-electron chi connectivity index (χ3n) is 6.24. The molecular weight excluding hydrogens is 426 g/mol. The number of carbonyl (C=O) groups is 1. The highest BCUT2D eigenvalue weighted by atomic mass is 32.2. The molecular formula is C24H42N3O4S+. The van der Waals surface area contributed by atoms with E-state index in [0.29, 0.717) is 23.1 Å². The second-order valence-corrected chi connectivity index (χ2v) is 11.3. The van der Waals surface area contributed by atoms with E-state index in [1.54, 1.807) is 12.1 Å². The largest absolute Gasteiger partial charge is 0.469 e. The van der Waals surface area contributed by atoms with Crippen LogP contribution in [0.1, 0.15) is 70.3 Å². The van der Waals surface area contributed by atoms with Crippen molar-refractivity contribution in [1.29, 1.82) is 0 Å². The van der Waals surface area contributed by atoms with Crippen LogP contribution < -0.4 is 9.44 Å². The van der Waals surface area contributed by atoms with Crippen LogP contribution in [-0.2, 0) is 26.2 Å². The van der Waals surface area contributed by atoms with Crippen LogP contribution in [0.3, 0.4) is 0 Å². The lowest BCUT2D eigenvalue weighted by atomic mass is 9.86. The number of unbranched alkanes of at least 4 members (excludes halogenated alkanes) is 5. The number of carbonyl (C=O) groups excluding carboxylic acids is 1. The number of nitrogens with zero attached hydrogens (tertiary/aromatic N) is 1. The van der Waals surface area contributed by atoms with Crippen molar-refractivity contribution in [1.82, 2.24) is 4.72 Å². The van der Waals surface area contributed by atoms with Crippen LogP contribution in [0, 0.1) is 0 Å². The fourth-order valence-electron chi connectivity index (χ4n) is 4.75. The van der Waals surface area contributed by atoms with Gasteiger partial charge in [-0.05, 0) is 43.4 Å². The number of nitrogens with one attached hydrogen (secondary N) is 2. The van der Waals surface area contributed by atoms with Gasteiger partial charge in [0.15, 0.2) is 0 Å². The first-order valence-electron chi connectivity index (χ1n) is 11.9. The summed E-state index contributed by atoms with van der Waals surface area (Å²) in [6.07, 6.45) is 9.98. The first kappa shape index (κ1) is 26.6. The summed E-state index contributed by atoms with van der Waals surface area (Å²) in [5.74, 6) is -0.409. The Morgan fingerprint density at radius 2 is 1.75 bits per heavy atom. The van der Waals surface area contributed by atoms with E-state index in [4.69, 9.17) is 4.74 Å². The van der Waals surface area contributed by atoms with E-state index < -0.39 is 21.7 Å². The van der Waals surface area contributed by atoms with Crippen LogP contribution in [0.15, 0.2) is 24.3 Å². The van der Waals surface area contributed by atoms with Crippen LogP contribution in [0.2, 0.25) is 0 Å². The summed E-state index contributed by atoms with van der Waals surface area (Å²) in [5, 5.41) is 0. The minimum atomic E-state index is -3.86. The molecule has 0 bridgehead atoms. The predicted octanol–water partition coefficient (Wildman–Crippen LogP) is 4.01. The summed E-state index contributed by atoms with van der Waals surface area (Å²) in [7, 11) is 1.58. The average Bonchev–Trinajstić information content (AvgIpc) is 2.70. The number of esters is 1. The number of likely N-dealkylation sites (N-methyl/N-ethyl adjacent to an activating group) is 1. The maximum absolute atomic E-state index is 13.0. The van der Waals surface area contributed by atoms with Crippen LogP contribution in [0.5, 0.6) is 0 Å². The Balaban J connectivity index is 1.97. The SMILES string of the molecule is CCCCCCCCc1ccc(NS(=O)(=O)NC2(CC(=O)OC)CCC[N+](C)(C)C2)cc1. The second kappa shape index (κ2) is 12.0. The van der Waals surface area contributed by atoms with Gasteiger partial charge < -0.3 is 9.22 Å².